The number of benzene rings is 1. The zero-order valence-electron chi connectivity index (χ0n) is 12.1. The Balaban J connectivity index is 0.00000200. The second-order valence-electron chi connectivity index (χ2n) is 4.95. The smallest absolute Gasteiger partial charge is 0.191 e. The Hall–Kier alpha value is -1.24. The topological polar surface area (TPSA) is 49.6 Å². The molecule has 20 heavy (non-hydrogen) atoms. The van der Waals surface area contributed by atoms with Crippen molar-refractivity contribution in [1.82, 2.24) is 10.6 Å². The van der Waals surface area contributed by atoms with Crippen LogP contribution in [0.2, 0.25) is 0 Å². The molecule has 0 amide bonds. The number of hydrogen-bond donors (Lipinski definition) is 2. The standard InChI is InChI=1S/C15H21N3O.HI/c1-11(2)9-17-15(16-3)18-10-13-8-12-6-4-5-7-14(12)19-13;/h4-8,11H,9-10H2,1-3H3,(H2,16,17,18);1H. The molecular formula is C15H22IN3O. The second kappa shape index (κ2) is 8.14. The van der Waals surface area contributed by atoms with Gasteiger partial charge in [0.25, 0.3) is 0 Å². The molecule has 0 saturated carbocycles. The van der Waals surface area contributed by atoms with E-state index in [4.69, 9.17) is 4.42 Å². The van der Waals surface area contributed by atoms with E-state index in [1.54, 1.807) is 7.05 Å². The van der Waals surface area contributed by atoms with E-state index >= 15 is 0 Å². The minimum Gasteiger partial charge on any atom is -0.459 e. The molecule has 2 N–H and O–H groups in total. The molecule has 1 aromatic heterocycles. The fourth-order valence-corrected chi connectivity index (χ4v) is 1.82. The third-order valence-corrected chi connectivity index (χ3v) is 2.81. The van der Waals surface area contributed by atoms with E-state index in [0.717, 1.165) is 29.2 Å². The molecule has 0 radical (unpaired) electrons. The van der Waals surface area contributed by atoms with Gasteiger partial charge in [-0.25, -0.2) is 0 Å². The molecule has 1 aromatic carbocycles. The lowest BCUT2D eigenvalue weighted by molar-refractivity contribution is 0.536. The van der Waals surface area contributed by atoms with Crippen molar-refractivity contribution in [2.45, 2.75) is 20.4 Å². The number of furan rings is 1. The van der Waals surface area contributed by atoms with Crippen LogP contribution in [0, 0.1) is 5.92 Å². The molecule has 2 aromatic rings. The van der Waals surface area contributed by atoms with Crippen LogP contribution in [0.5, 0.6) is 0 Å². The maximum Gasteiger partial charge on any atom is 0.191 e. The monoisotopic (exact) mass is 387 g/mol. The molecule has 0 aliphatic carbocycles. The van der Waals surface area contributed by atoms with Gasteiger partial charge >= 0.3 is 0 Å². The Morgan fingerprint density at radius 3 is 2.65 bits per heavy atom. The number of hydrogen-bond acceptors (Lipinski definition) is 2. The first-order chi connectivity index (χ1) is 9.19. The highest BCUT2D eigenvalue weighted by Gasteiger charge is 2.04. The van der Waals surface area contributed by atoms with Gasteiger partial charge in [-0.2, -0.15) is 0 Å². The highest BCUT2D eigenvalue weighted by molar-refractivity contribution is 14.0. The predicted molar refractivity (Wildman–Crippen MR) is 94.7 cm³/mol. The van der Waals surface area contributed by atoms with Crippen LogP contribution in [-0.4, -0.2) is 19.6 Å². The molecular weight excluding hydrogens is 365 g/mol. The summed E-state index contributed by atoms with van der Waals surface area (Å²) in [4.78, 5) is 4.18. The van der Waals surface area contributed by atoms with Crippen molar-refractivity contribution in [2.24, 2.45) is 10.9 Å². The lowest BCUT2D eigenvalue weighted by atomic mass is 10.2. The van der Waals surface area contributed by atoms with Crippen molar-refractivity contribution in [3.8, 4) is 0 Å². The summed E-state index contributed by atoms with van der Waals surface area (Å²) < 4.78 is 5.74. The molecule has 0 fully saturated rings. The zero-order valence-corrected chi connectivity index (χ0v) is 14.5. The first-order valence-corrected chi connectivity index (χ1v) is 6.61. The van der Waals surface area contributed by atoms with Crippen LogP contribution in [0.3, 0.4) is 0 Å². The van der Waals surface area contributed by atoms with Gasteiger partial charge in [0.1, 0.15) is 11.3 Å². The Labute approximate surface area is 137 Å². The van der Waals surface area contributed by atoms with Gasteiger partial charge in [-0.05, 0) is 18.1 Å². The van der Waals surface area contributed by atoms with E-state index < -0.39 is 0 Å². The number of nitrogens with one attached hydrogen (secondary N) is 2. The first-order valence-electron chi connectivity index (χ1n) is 6.61. The Morgan fingerprint density at radius 2 is 2.00 bits per heavy atom. The van der Waals surface area contributed by atoms with E-state index in [2.05, 4.69) is 35.5 Å². The van der Waals surface area contributed by atoms with Crippen LogP contribution in [0.25, 0.3) is 11.0 Å². The maximum absolute atomic E-state index is 5.74. The van der Waals surface area contributed by atoms with Crippen molar-refractivity contribution in [1.29, 1.82) is 0 Å². The fourth-order valence-electron chi connectivity index (χ4n) is 1.82. The molecule has 0 aliphatic heterocycles. The van der Waals surface area contributed by atoms with E-state index in [1.807, 2.05) is 24.3 Å². The summed E-state index contributed by atoms with van der Waals surface area (Å²) >= 11 is 0. The summed E-state index contributed by atoms with van der Waals surface area (Å²) in [6.45, 7) is 5.87. The first kappa shape index (κ1) is 16.8. The van der Waals surface area contributed by atoms with Crippen molar-refractivity contribution in [2.75, 3.05) is 13.6 Å². The highest BCUT2D eigenvalue weighted by atomic mass is 127. The van der Waals surface area contributed by atoms with Crippen LogP contribution in [0.15, 0.2) is 39.7 Å². The molecule has 0 saturated heterocycles. The average Bonchev–Trinajstić information content (AvgIpc) is 2.81. The number of guanidine groups is 1. The van der Waals surface area contributed by atoms with Crippen molar-refractivity contribution in [3.63, 3.8) is 0 Å². The summed E-state index contributed by atoms with van der Waals surface area (Å²) in [5.74, 6) is 2.30. The van der Waals surface area contributed by atoms with Gasteiger partial charge in [-0.15, -0.1) is 24.0 Å². The third kappa shape index (κ3) is 4.70. The van der Waals surface area contributed by atoms with Gasteiger partial charge in [0, 0.05) is 19.0 Å². The van der Waals surface area contributed by atoms with E-state index in [1.165, 1.54) is 0 Å². The van der Waals surface area contributed by atoms with E-state index in [0.29, 0.717) is 12.5 Å². The fraction of sp³-hybridized carbons (Fsp3) is 0.400. The number of fused-ring (bicyclic) bond motifs is 1. The van der Waals surface area contributed by atoms with Crippen LogP contribution in [0.1, 0.15) is 19.6 Å². The number of rotatable bonds is 4. The Kier molecular flexibility index (Phi) is 6.84. The molecule has 1 heterocycles. The minimum absolute atomic E-state index is 0. The maximum atomic E-state index is 5.74. The lowest BCUT2D eigenvalue weighted by Gasteiger charge is -2.12. The van der Waals surface area contributed by atoms with Gasteiger partial charge in [0.2, 0.25) is 0 Å². The Bertz CT molecular complexity index is 530. The second-order valence-corrected chi connectivity index (χ2v) is 4.95. The molecule has 0 bridgehead atoms. The minimum atomic E-state index is 0. The van der Waals surface area contributed by atoms with Gasteiger partial charge in [-0.3, -0.25) is 4.99 Å². The summed E-state index contributed by atoms with van der Waals surface area (Å²) in [6.07, 6.45) is 0. The van der Waals surface area contributed by atoms with Gasteiger partial charge in [0.15, 0.2) is 5.96 Å². The number of aliphatic imine (C=N–C) groups is 1. The highest BCUT2D eigenvalue weighted by Crippen LogP contribution is 2.18. The summed E-state index contributed by atoms with van der Waals surface area (Å²) in [7, 11) is 1.77. The molecule has 0 spiro atoms. The lowest BCUT2D eigenvalue weighted by Crippen LogP contribution is -2.38. The summed E-state index contributed by atoms with van der Waals surface area (Å²) in [5.41, 5.74) is 0.921. The number of halogens is 1. The number of nitrogens with zero attached hydrogens (tertiary/aromatic N) is 1. The molecule has 5 heteroatoms. The van der Waals surface area contributed by atoms with Crippen LogP contribution < -0.4 is 10.6 Å². The van der Waals surface area contributed by atoms with Crippen molar-refractivity contribution in [3.05, 3.63) is 36.1 Å². The van der Waals surface area contributed by atoms with Crippen LogP contribution >= 0.6 is 24.0 Å². The van der Waals surface area contributed by atoms with Crippen LogP contribution in [-0.2, 0) is 6.54 Å². The van der Waals surface area contributed by atoms with Crippen LogP contribution in [0.4, 0.5) is 0 Å². The predicted octanol–water partition coefficient (Wildman–Crippen LogP) is 3.37. The molecule has 0 atom stereocenters. The summed E-state index contributed by atoms with van der Waals surface area (Å²) in [6, 6.07) is 10.1. The van der Waals surface area contributed by atoms with E-state index in [9.17, 15) is 0 Å². The average molecular weight is 387 g/mol. The van der Waals surface area contributed by atoms with Gasteiger partial charge in [0.05, 0.1) is 6.54 Å². The Morgan fingerprint density at radius 1 is 1.25 bits per heavy atom. The third-order valence-electron chi connectivity index (χ3n) is 2.81. The normalized spacial score (nSPS) is 11.5. The van der Waals surface area contributed by atoms with Gasteiger partial charge in [-0.1, -0.05) is 32.0 Å². The van der Waals surface area contributed by atoms with Crippen molar-refractivity contribution >= 4 is 40.9 Å². The molecule has 4 nitrogen and oxygen atoms in total. The molecule has 0 unspecified atom stereocenters. The molecule has 2 rings (SSSR count). The van der Waals surface area contributed by atoms with E-state index in [-0.39, 0.29) is 24.0 Å². The quantitative estimate of drug-likeness (QED) is 0.481. The van der Waals surface area contributed by atoms with Gasteiger partial charge < -0.3 is 15.1 Å². The molecule has 110 valence electrons. The summed E-state index contributed by atoms with van der Waals surface area (Å²) in [5, 5.41) is 7.65. The van der Waals surface area contributed by atoms with Crippen molar-refractivity contribution < 1.29 is 4.42 Å². The number of para-hydroxylation sites is 1. The SMILES string of the molecule is CN=C(NCc1cc2ccccc2o1)NCC(C)C.I. The largest absolute Gasteiger partial charge is 0.459 e. The molecule has 0 aliphatic rings. The zero-order chi connectivity index (χ0) is 13.7.